The van der Waals surface area contributed by atoms with Crippen molar-refractivity contribution < 1.29 is 5.11 Å². The zero-order valence-corrected chi connectivity index (χ0v) is 17.6. The molecule has 2 nitrogen and oxygen atoms in total. The van der Waals surface area contributed by atoms with Gasteiger partial charge in [0.25, 0.3) is 0 Å². The molecule has 0 amide bonds. The molecule has 3 fully saturated rings. The molecule has 2 heteroatoms. The van der Waals surface area contributed by atoms with Gasteiger partial charge >= 0.3 is 0 Å². The first-order valence-electron chi connectivity index (χ1n) is 11.5. The first kappa shape index (κ1) is 19.0. The molecule has 0 heterocycles. The Morgan fingerprint density at radius 1 is 1.00 bits per heavy atom. The summed E-state index contributed by atoms with van der Waals surface area (Å²) in [6, 6.07) is 0.598. The number of aliphatic hydroxyl groups is 1. The lowest BCUT2D eigenvalue weighted by Gasteiger charge is -2.59. The third-order valence-corrected chi connectivity index (χ3v) is 9.93. The molecule has 3 saturated carbocycles. The lowest BCUT2D eigenvalue weighted by Crippen LogP contribution is -2.52. The van der Waals surface area contributed by atoms with E-state index in [9.17, 15) is 5.11 Å². The predicted molar refractivity (Wildman–Crippen MR) is 109 cm³/mol. The maximum Gasteiger partial charge on any atom is 0.0479 e. The number of hydrogen-bond acceptors (Lipinski definition) is 2. The van der Waals surface area contributed by atoms with Gasteiger partial charge in [0.2, 0.25) is 0 Å². The van der Waals surface area contributed by atoms with Gasteiger partial charge < -0.3 is 10.0 Å². The van der Waals surface area contributed by atoms with E-state index in [1.807, 2.05) is 0 Å². The third-order valence-electron chi connectivity index (χ3n) is 9.93. The molecule has 26 heavy (non-hydrogen) atoms. The average Bonchev–Trinajstić information content (AvgIpc) is 2.94. The second-order valence-corrected chi connectivity index (χ2v) is 10.4. The van der Waals surface area contributed by atoms with Crippen LogP contribution in [0.2, 0.25) is 0 Å². The molecule has 1 N–H and O–H groups in total. The van der Waals surface area contributed by atoms with Crippen molar-refractivity contribution in [2.45, 2.75) is 78.7 Å². The van der Waals surface area contributed by atoms with Crippen LogP contribution < -0.4 is 0 Å². The maximum absolute atomic E-state index is 10.4. The largest absolute Gasteiger partial charge is 0.396 e. The number of hydrogen-bond donors (Lipinski definition) is 1. The van der Waals surface area contributed by atoms with Gasteiger partial charge in [-0.2, -0.15) is 0 Å². The highest BCUT2D eigenvalue weighted by molar-refractivity contribution is 5.14. The molecule has 4 aliphatic carbocycles. The van der Waals surface area contributed by atoms with Crippen LogP contribution in [-0.4, -0.2) is 35.7 Å². The molecule has 0 saturated heterocycles. The SMILES string of the molecule is CCN(CC)C1C[C@H]2[C@@H]3CCC4CC=CC[C@]4(C)[C@@H]3CC[C@]2(C)C1CO. The van der Waals surface area contributed by atoms with E-state index in [2.05, 4.69) is 44.7 Å². The summed E-state index contributed by atoms with van der Waals surface area (Å²) in [7, 11) is 0. The minimum absolute atomic E-state index is 0.358. The highest BCUT2D eigenvalue weighted by atomic mass is 16.3. The third kappa shape index (κ3) is 2.58. The summed E-state index contributed by atoms with van der Waals surface area (Å²) in [6.07, 6.45) is 14.5. The lowest BCUT2D eigenvalue weighted by molar-refractivity contribution is -0.100. The molecule has 0 aromatic heterocycles. The molecule has 0 aromatic carbocycles. The fraction of sp³-hybridized carbons (Fsp3) is 0.917. The highest BCUT2D eigenvalue weighted by Crippen LogP contribution is 2.67. The number of rotatable bonds is 4. The van der Waals surface area contributed by atoms with E-state index in [-0.39, 0.29) is 0 Å². The van der Waals surface area contributed by atoms with Gasteiger partial charge in [-0.15, -0.1) is 0 Å². The molecule has 0 bridgehead atoms. The summed E-state index contributed by atoms with van der Waals surface area (Å²) in [5.74, 6) is 4.04. The quantitative estimate of drug-likeness (QED) is 0.704. The van der Waals surface area contributed by atoms with Crippen LogP contribution in [-0.2, 0) is 0 Å². The van der Waals surface area contributed by atoms with Gasteiger partial charge in [0.05, 0.1) is 0 Å². The lowest BCUT2D eigenvalue weighted by atomic mass is 9.45. The van der Waals surface area contributed by atoms with Crippen LogP contribution in [0.15, 0.2) is 12.2 Å². The van der Waals surface area contributed by atoms with E-state index in [1.54, 1.807) is 0 Å². The Labute approximate surface area is 161 Å². The molecule has 0 spiro atoms. The molecule has 0 aliphatic heterocycles. The number of nitrogens with zero attached hydrogens (tertiary/aromatic N) is 1. The molecular weight excluding hydrogens is 318 g/mol. The zero-order valence-electron chi connectivity index (χ0n) is 17.6. The smallest absolute Gasteiger partial charge is 0.0479 e. The van der Waals surface area contributed by atoms with Crippen molar-refractivity contribution >= 4 is 0 Å². The Bertz CT molecular complexity index is 540. The van der Waals surface area contributed by atoms with Crippen molar-refractivity contribution in [2.75, 3.05) is 19.7 Å². The fourth-order valence-electron chi connectivity index (χ4n) is 8.38. The fourth-order valence-corrected chi connectivity index (χ4v) is 8.38. The molecule has 3 unspecified atom stereocenters. The standard InChI is InChI=1S/C24H41NO/c1-5-25(6-2)22-15-20-18-11-10-17-9-7-8-13-23(17,3)19(18)12-14-24(20,4)21(22)16-26/h7-8,17-22,26H,5-6,9-16H2,1-4H3/t17?,18-,19-,20+,21?,22?,23+,24+/m1/s1. The van der Waals surface area contributed by atoms with Crippen LogP contribution in [0.5, 0.6) is 0 Å². The Morgan fingerprint density at radius 3 is 2.46 bits per heavy atom. The second-order valence-electron chi connectivity index (χ2n) is 10.4. The summed E-state index contributed by atoms with van der Waals surface area (Å²) in [6.45, 7) is 12.4. The Balaban J connectivity index is 1.64. The van der Waals surface area contributed by atoms with Gasteiger partial charge in [0.15, 0.2) is 0 Å². The second kappa shape index (κ2) is 6.92. The van der Waals surface area contributed by atoms with Crippen molar-refractivity contribution in [3.05, 3.63) is 12.2 Å². The summed E-state index contributed by atoms with van der Waals surface area (Å²) in [5, 5.41) is 10.4. The van der Waals surface area contributed by atoms with Crippen LogP contribution in [0.3, 0.4) is 0 Å². The van der Waals surface area contributed by atoms with Crippen molar-refractivity contribution in [2.24, 2.45) is 40.4 Å². The maximum atomic E-state index is 10.4. The Morgan fingerprint density at radius 2 is 1.77 bits per heavy atom. The predicted octanol–water partition coefficient (Wildman–Crippen LogP) is 5.12. The van der Waals surface area contributed by atoms with Gasteiger partial charge in [-0.25, -0.2) is 0 Å². The normalized spacial score (nSPS) is 50.4. The molecular formula is C24H41NO. The summed E-state index contributed by atoms with van der Waals surface area (Å²) in [4.78, 5) is 2.65. The Hall–Kier alpha value is -0.340. The van der Waals surface area contributed by atoms with Crippen molar-refractivity contribution in [1.82, 2.24) is 4.90 Å². The van der Waals surface area contributed by atoms with Gasteiger partial charge in [-0.1, -0.05) is 39.8 Å². The van der Waals surface area contributed by atoms with Crippen LogP contribution in [0.4, 0.5) is 0 Å². The molecule has 0 radical (unpaired) electrons. The van der Waals surface area contributed by atoms with Gasteiger partial charge in [0.1, 0.15) is 0 Å². The van der Waals surface area contributed by atoms with Gasteiger partial charge in [-0.05, 0) is 92.5 Å². The van der Waals surface area contributed by atoms with Crippen molar-refractivity contribution in [3.8, 4) is 0 Å². The molecule has 4 rings (SSSR count). The van der Waals surface area contributed by atoms with Crippen molar-refractivity contribution in [1.29, 1.82) is 0 Å². The summed E-state index contributed by atoms with van der Waals surface area (Å²) < 4.78 is 0. The number of allylic oxidation sites excluding steroid dienone is 2. The highest BCUT2D eigenvalue weighted by Gasteiger charge is 2.61. The Kier molecular flexibility index (Phi) is 5.06. The van der Waals surface area contributed by atoms with E-state index < -0.39 is 0 Å². The van der Waals surface area contributed by atoms with E-state index in [0.717, 1.165) is 36.8 Å². The minimum atomic E-state index is 0.358. The molecule has 4 aliphatic rings. The van der Waals surface area contributed by atoms with Gasteiger partial charge in [-0.3, -0.25) is 0 Å². The molecule has 8 atom stereocenters. The average molecular weight is 360 g/mol. The van der Waals surface area contributed by atoms with Crippen LogP contribution in [0.1, 0.15) is 72.6 Å². The zero-order chi connectivity index (χ0) is 18.5. The van der Waals surface area contributed by atoms with E-state index in [4.69, 9.17) is 0 Å². The first-order chi connectivity index (χ1) is 12.5. The van der Waals surface area contributed by atoms with Crippen LogP contribution in [0.25, 0.3) is 0 Å². The van der Waals surface area contributed by atoms with E-state index >= 15 is 0 Å². The molecule has 148 valence electrons. The minimum Gasteiger partial charge on any atom is -0.396 e. The van der Waals surface area contributed by atoms with Crippen LogP contribution in [0, 0.1) is 40.4 Å². The number of fused-ring (bicyclic) bond motifs is 5. The first-order valence-corrected chi connectivity index (χ1v) is 11.5. The van der Waals surface area contributed by atoms with Crippen molar-refractivity contribution in [3.63, 3.8) is 0 Å². The monoisotopic (exact) mass is 359 g/mol. The van der Waals surface area contributed by atoms with Crippen LogP contribution >= 0.6 is 0 Å². The topological polar surface area (TPSA) is 23.5 Å². The van der Waals surface area contributed by atoms with Gasteiger partial charge in [0, 0.05) is 18.6 Å². The summed E-state index contributed by atoms with van der Waals surface area (Å²) >= 11 is 0. The number of aliphatic hydroxyl groups excluding tert-OH is 1. The summed E-state index contributed by atoms with van der Waals surface area (Å²) in [5.41, 5.74) is 0.901. The molecule has 0 aromatic rings. The van der Waals surface area contributed by atoms with E-state index in [1.165, 1.54) is 44.9 Å². The van der Waals surface area contributed by atoms with E-state index in [0.29, 0.717) is 29.4 Å².